The Labute approximate surface area is 68.0 Å². The molecule has 0 fully saturated rings. The average molecular weight is 162 g/mol. The molecule has 0 saturated carbocycles. The summed E-state index contributed by atoms with van der Waals surface area (Å²) >= 11 is 0. The lowest BCUT2D eigenvalue weighted by atomic mass is 10.2. The molecular weight excluding hydrogens is 156 g/mol. The summed E-state index contributed by atoms with van der Waals surface area (Å²) in [7, 11) is 0. The van der Waals surface area contributed by atoms with Gasteiger partial charge in [0.15, 0.2) is 0 Å². The van der Waals surface area contributed by atoms with Gasteiger partial charge in [0, 0.05) is 11.6 Å². The number of pyridine rings is 1. The van der Waals surface area contributed by atoms with Gasteiger partial charge in [-0.25, -0.2) is 4.98 Å². The molecule has 4 nitrogen and oxygen atoms in total. The lowest BCUT2D eigenvalue weighted by Crippen LogP contribution is -2.10. The molecule has 0 unspecified atom stereocenters. The highest BCUT2D eigenvalue weighted by Crippen LogP contribution is 2.13. The third-order valence-corrected chi connectivity index (χ3v) is 1.59. The summed E-state index contributed by atoms with van der Waals surface area (Å²) in [5.41, 5.74) is 5.97. The number of carbonyl (C=O) groups is 1. The Kier molecular flexibility index (Phi) is 1.33. The second kappa shape index (κ2) is 2.34. The van der Waals surface area contributed by atoms with Crippen molar-refractivity contribution in [2.24, 2.45) is 5.73 Å². The largest absolute Gasteiger partial charge is 0.446 e. The highest BCUT2D eigenvalue weighted by molar-refractivity contribution is 5.95. The van der Waals surface area contributed by atoms with Crippen molar-refractivity contribution in [3.8, 4) is 0 Å². The molecule has 0 aliphatic rings. The van der Waals surface area contributed by atoms with Crippen molar-refractivity contribution in [1.29, 1.82) is 0 Å². The molecule has 2 aromatic heterocycles. The van der Waals surface area contributed by atoms with E-state index in [4.69, 9.17) is 10.2 Å². The predicted molar refractivity (Wildman–Crippen MR) is 42.5 cm³/mol. The summed E-state index contributed by atoms with van der Waals surface area (Å²) in [6, 6.07) is 3.38. The number of fused-ring (bicyclic) bond motifs is 1. The molecule has 2 rings (SSSR count). The molecule has 12 heavy (non-hydrogen) atoms. The highest BCUT2D eigenvalue weighted by Gasteiger charge is 2.03. The molecular formula is C8H6N2O2. The van der Waals surface area contributed by atoms with Gasteiger partial charge >= 0.3 is 0 Å². The van der Waals surface area contributed by atoms with Crippen LogP contribution in [-0.4, -0.2) is 10.9 Å². The van der Waals surface area contributed by atoms with Gasteiger partial charge in [0.25, 0.3) is 0 Å². The number of hydrogen-bond acceptors (Lipinski definition) is 3. The number of primary amides is 1. The lowest BCUT2D eigenvalue weighted by Gasteiger charge is -1.92. The number of amides is 1. The van der Waals surface area contributed by atoms with E-state index in [1.54, 1.807) is 12.1 Å². The quantitative estimate of drug-likeness (QED) is 0.678. The van der Waals surface area contributed by atoms with Crippen LogP contribution in [-0.2, 0) is 0 Å². The van der Waals surface area contributed by atoms with E-state index in [-0.39, 0.29) is 0 Å². The van der Waals surface area contributed by atoms with E-state index in [0.29, 0.717) is 11.3 Å². The van der Waals surface area contributed by atoms with Crippen LogP contribution in [0, 0.1) is 0 Å². The van der Waals surface area contributed by atoms with Crippen LogP contribution >= 0.6 is 0 Å². The van der Waals surface area contributed by atoms with Crippen LogP contribution in [0.4, 0.5) is 0 Å². The van der Waals surface area contributed by atoms with E-state index in [9.17, 15) is 4.79 Å². The predicted octanol–water partition coefficient (Wildman–Crippen LogP) is 0.927. The Balaban J connectivity index is 2.68. The van der Waals surface area contributed by atoms with Crippen molar-refractivity contribution in [3.63, 3.8) is 0 Å². The van der Waals surface area contributed by atoms with E-state index in [1.165, 1.54) is 12.5 Å². The molecule has 0 aromatic carbocycles. The van der Waals surface area contributed by atoms with Crippen molar-refractivity contribution in [3.05, 3.63) is 30.2 Å². The standard InChI is InChI=1S/C8H6N2O2/c9-7(11)6-3-5-1-2-12-8(5)10-4-6/h1-4H,(H2,9,11). The van der Waals surface area contributed by atoms with Crippen LogP contribution in [0.25, 0.3) is 11.1 Å². The molecule has 0 spiro atoms. The first-order valence-corrected chi connectivity index (χ1v) is 3.40. The second-order valence-electron chi connectivity index (χ2n) is 2.40. The van der Waals surface area contributed by atoms with Gasteiger partial charge in [-0.3, -0.25) is 4.79 Å². The molecule has 0 bridgehead atoms. The minimum atomic E-state index is -0.481. The first-order chi connectivity index (χ1) is 5.77. The molecule has 4 heteroatoms. The molecule has 2 aromatic rings. The van der Waals surface area contributed by atoms with E-state index in [1.807, 2.05) is 0 Å². The molecule has 1 amide bonds. The van der Waals surface area contributed by atoms with Crippen molar-refractivity contribution in [1.82, 2.24) is 4.98 Å². The lowest BCUT2D eigenvalue weighted by molar-refractivity contribution is 0.1000. The van der Waals surface area contributed by atoms with Crippen molar-refractivity contribution >= 4 is 17.0 Å². The van der Waals surface area contributed by atoms with Crippen molar-refractivity contribution in [2.45, 2.75) is 0 Å². The zero-order chi connectivity index (χ0) is 8.55. The van der Waals surface area contributed by atoms with E-state index >= 15 is 0 Å². The number of rotatable bonds is 1. The van der Waals surface area contributed by atoms with Gasteiger partial charge in [-0.05, 0) is 12.1 Å². The number of furan rings is 1. The van der Waals surface area contributed by atoms with E-state index < -0.39 is 5.91 Å². The third-order valence-electron chi connectivity index (χ3n) is 1.59. The summed E-state index contributed by atoms with van der Waals surface area (Å²) in [6.07, 6.45) is 2.91. The van der Waals surface area contributed by atoms with Crippen LogP contribution < -0.4 is 5.73 Å². The molecule has 60 valence electrons. The minimum Gasteiger partial charge on any atom is -0.446 e. The minimum absolute atomic E-state index is 0.393. The smallest absolute Gasteiger partial charge is 0.250 e. The number of nitrogens with two attached hydrogens (primary N) is 1. The van der Waals surface area contributed by atoms with Crippen LogP contribution in [0.5, 0.6) is 0 Å². The Morgan fingerprint density at radius 3 is 3.17 bits per heavy atom. The van der Waals surface area contributed by atoms with Gasteiger partial charge in [-0.2, -0.15) is 0 Å². The topological polar surface area (TPSA) is 69.1 Å². The van der Waals surface area contributed by atoms with Gasteiger partial charge in [0.05, 0.1) is 11.8 Å². The molecule has 0 radical (unpaired) electrons. The molecule has 2 N–H and O–H groups in total. The summed E-state index contributed by atoms with van der Waals surface area (Å²) in [4.78, 5) is 14.6. The number of aromatic nitrogens is 1. The highest BCUT2D eigenvalue weighted by atomic mass is 16.3. The van der Waals surface area contributed by atoms with E-state index in [0.717, 1.165) is 5.39 Å². The zero-order valence-corrected chi connectivity index (χ0v) is 6.15. The van der Waals surface area contributed by atoms with Crippen LogP contribution in [0.3, 0.4) is 0 Å². The van der Waals surface area contributed by atoms with Gasteiger partial charge in [-0.1, -0.05) is 0 Å². The Hall–Kier alpha value is -1.84. The fourth-order valence-electron chi connectivity index (χ4n) is 0.994. The maximum Gasteiger partial charge on any atom is 0.250 e. The van der Waals surface area contributed by atoms with Crippen molar-refractivity contribution in [2.75, 3.05) is 0 Å². The summed E-state index contributed by atoms with van der Waals surface area (Å²) in [5, 5.41) is 0.784. The number of nitrogens with zero attached hydrogens (tertiary/aromatic N) is 1. The fraction of sp³-hybridized carbons (Fsp3) is 0. The molecule has 2 heterocycles. The van der Waals surface area contributed by atoms with Crippen LogP contribution in [0.2, 0.25) is 0 Å². The SMILES string of the molecule is NC(=O)c1cnc2occc2c1. The Bertz CT molecular complexity index is 433. The van der Waals surface area contributed by atoms with E-state index in [2.05, 4.69) is 4.98 Å². The number of carbonyl (C=O) groups excluding carboxylic acids is 1. The maximum absolute atomic E-state index is 10.7. The summed E-state index contributed by atoms with van der Waals surface area (Å²) in [5.74, 6) is -0.481. The zero-order valence-electron chi connectivity index (χ0n) is 6.15. The average Bonchev–Trinajstić information content (AvgIpc) is 2.49. The maximum atomic E-state index is 10.7. The van der Waals surface area contributed by atoms with Gasteiger partial charge in [-0.15, -0.1) is 0 Å². The van der Waals surface area contributed by atoms with Crippen LogP contribution in [0.15, 0.2) is 29.0 Å². The molecule has 0 saturated heterocycles. The second-order valence-corrected chi connectivity index (χ2v) is 2.40. The van der Waals surface area contributed by atoms with Gasteiger partial charge in [0.2, 0.25) is 11.6 Å². The first-order valence-electron chi connectivity index (χ1n) is 3.40. The van der Waals surface area contributed by atoms with Gasteiger partial charge in [0.1, 0.15) is 0 Å². The molecule has 0 aliphatic heterocycles. The third kappa shape index (κ3) is 0.934. The fourth-order valence-corrected chi connectivity index (χ4v) is 0.994. The number of hydrogen-bond donors (Lipinski definition) is 1. The van der Waals surface area contributed by atoms with Crippen molar-refractivity contribution < 1.29 is 9.21 Å². The summed E-state index contributed by atoms with van der Waals surface area (Å²) in [6.45, 7) is 0. The summed E-state index contributed by atoms with van der Waals surface area (Å²) < 4.78 is 4.99. The monoisotopic (exact) mass is 162 g/mol. The molecule has 0 aliphatic carbocycles. The first kappa shape index (κ1) is 6.84. The van der Waals surface area contributed by atoms with Crippen LogP contribution in [0.1, 0.15) is 10.4 Å². The Morgan fingerprint density at radius 2 is 2.42 bits per heavy atom. The normalized spacial score (nSPS) is 10.3. The Morgan fingerprint density at radius 1 is 1.58 bits per heavy atom. The molecule has 0 atom stereocenters. The van der Waals surface area contributed by atoms with Gasteiger partial charge < -0.3 is 10.2 Å².